The third-order valence-electron chi connectivity index (χ3n) is 2.20. The maximum atomic E-state index is 11.5. The van der Waals surface area contributed by atoms with E-state index in [1.54, 1.807) is 0 Å². The predicted octanol–water partition coefficient (Wildman–Crippen LogP) is 1.16. The molecule has 0 saturated heterocycles. The Kier molecular flexibility index (Phi) is 3.73. The van der Waals surface area contributed by atoms with Gasteiger partial charge in [0, 0.05) is 7.05 Å². The lowest BCUT2D eigenvalue weighted by Crippen LogP contribution is -2.37. The number of benzene rings is 1. The van der Waals surface area contributed by atoms with Gasteiger partial charge in [0.05, 0.1) is 16.8 Å². The number of carbonyl (C=O) groups is 2. The van der Waals surface area contributed by atoms with E-state index in [0.717, 1.165) is 10.2 Å². The summed E-state index contributed by atoms with van der Waals surface area (Å²) in [5.41, 5.74) is 0.837. The zero-order valence-corrected chi connectivity index (χ0v) is 10.5. The van der Waals surface area contributed by atoms with E-state index < -0.39 is 6.03 Å². The zero-order chi connectivity index (χ0) is 13.0. The van der Waals surface area contributed by atoms with Gasteiger partial charge < -0.3 is 10.6 Å². The summed E-state index contributed by atoms with van der Waals surface area (Å²) in [6.07, 6.45) is 0. The van der Waals surface area contributed by atoms with Crippen LogP contribution in [0, 0.1) is 0 Å². The van der Waals surface area contributed by atoms with E-state index >= 15 is 0 Å². The summed E-state index contributed by atoms with van der Waals surface area (Å²) in [4.78, 5) is 26.7. The van der Waals surface area contributed by atoms with Gasteiger partial charge in [0.1, 0.15) is 0 Å². The van der Waals surface area contributed by atoms with E-state index in [1.807, 2.05) is 24.3 Å². The minimum atomic E-state index is -0.447. The van der Waals surface area contributed by atoms with Gasteiger partial charge in [0.2, 0.25) is 5.91 Å². The normalized spacial score (nSPS) is 10.1. The molecule has 0 radical (unpaired) electrons. The van der Waals surface area contributed by atoms with Gasteiger partial charge in [-0.15, -0.1) is 0 Å². The molecule has 6 nitrogen and oxygen atoms in total. The topological polar surface area (TPSA) is 83.1 Å². The first-order valence-electron chi connectivity index (χ1n) is 5.30. The van der Waals surface area contributed by atoms with E-state index in [1.165, 1.54) is 18.4 Å². The lowest BCUT2D eigenvalue weighted by Gasteiger charge is -2.03. The molecule has 0 bridgehead atoms. The molecule has 3 N–H and O–H groups in total. The Morgan fingerprint density at radius 3 is 2.83 bits per heavy atom. The maximum Gasteiger partial charge on any atom is 0.321 e. The zero-order valence-electron chi connectivity index (χ0n) is 9.69. The third kappa shape index (κ3) is 2.95. The second-order valence-electron chi connectivity index (χ2n) is 3.47. The first-order chi connectivity index (χ1) is 8.69. The predicted molar refractivity (Wildman–Crippen MR) is 70.7 cm³/mol. The molecule has 3 amide bonds. The number of para-hydroxylation sites is 1. The summed E-state index contributed by atoms with van der Waals surface area (Å²) in [6, 6.07) is 7.16. The van der Waals surface area contributed by atoms with Crippen molar-refractivity contribution >= 4 is 38.6 Å². The number of anilines is 1. The van der Waals surface area contributed by atoms with Crippen LogP contribution in [0.2, 0.25) is 0 Å². The van der Waals surface area contributed by atoms with Crippen molar-refractivity contribution in [3.63, 3.8) is 0 Å². The van der Waals surface area contributed by atoms with Gasteiger partial charge in [0.15, 0.2) is 5.13 Å². The number of rotatable bonds is 3. The van der Waals surface area contributed by atoms with Crippen LogP contribution in [-0.2, 0) is 4.79 Å². The number of likely N-dealkylation sites (N-methyl/N-ethyl adjacent to an activating group) is 1. The number of urea groups is 1. The Hall–Kier alpha value is -2.15. The van der Waals surface area contributed by atoms with Gasteiger partial charge in [-0.3, -0.25) is 10.1 Å². The second-order valence-corrected chi connectivity index (χ2v) is 4.50. The SMILES string of the molecule is CNC(=O)CNC(=O)Nc1nc2ccccc2s1. The van der Waals surface area contributed by atoms with Crippen molar-refractivity contribution in [1.82, 2.24) is 15.6 Å². The Balaban J connectivity index is 1.96. The van der Waals surface area contributed by atoms with Crippen molar-refractivity contribution in [2.75, 3.05) is 18.9 Å². The largest absolute Gasteiger partial charge is 0.358 e. The second kappa shape index (κ2) is 5.46. The first-order valence-corrected chi connectivity index (χ1v) is 6.11. The molecule has 2 rings (SSSR count). The van der Waals surface area contributed by atoms with Crippen LogP contribution in [0.5, 0.6) is 0 Å². The molecule has 1 aromatic heterocycles. The van der Waals surface area contributed by atoms with Gasteiger partial charge in [0.25, 0.3) is 0 Å². The molecule has 0 unspecified atom stereocenters. The molecule has 7 heteroatoms. The quantitative estimate of drug-likeness (QED) is 0.778. The van der Waals surface area contributed by atoms with Crippen LogP contribution < -0.4 is 16.0 Å². The Labute approximate surface area is 107 Å². The molecule has 0 aliphatic carbocycles. The molecule has 0 spiro atoms. The minimum Gasteiger partial charge on any atom is -0.358 e. The van der Waals surface area contributed by atoms with Gasteiger partial charge in [-0.2, -0.15) is 0 Å². The number of hydrogen-bond donors (Lipinski definition) is 3. The summed E-state index contributed by atoms with van der Waals surface area (Å²) in [7, 11) is 1.51. The lowest BCUT2D eigenvalue weighted by atomic mass is 10.3. The van der Waals surface area contributed by atoms with Crippen LogP contribution >= 0.6 is 11.3 Å². The van der Waals surface area contributed by atoms with Crippen molar-refractivity contribution in [3.05, 3.63) is 24.3 Å². The fraction of sp³-hybridized carbons (Fsp3) is 0.182. The van der Waals surface area contributed by atoms with Crippen molar-refractivity contribution < 1.29 is 9.59 Å². The summed E-state index contributed by atoms with van der Waals surface area (Å²) < 4.78 is 0.999. The van der Waals surface area contributed by atoms with Crippen LogP contribution in [0.3, 0.4) is 0 Å². The number of nitrogens with one attached hydrogen (secondary N) is 3. The average molecular weight is 264 g/mol. The van der Waals surface area contributed by atoms with E-state index in [9.17, 15) is 9.59 Å². The van der Waals surface area contributed by atoms with Gasteiger partial charge >= 0.3 is 6.03 Å². The number of nitrogens with zero attached hydrogens (tertiary/aromatic N) is 1. The van der Waals surface area contributed by atoms with Crippen LogP contribution in [0.4, 0.5) is 9.93 Å². The highest BCUT2D eigenvalue weighted by molar-refractivity contribution is 7.22. The van der Waals surface area contributed by atoms with Crippen molar-refractivity contribution in [3.8, 4) is 0 Å². The summed E-state index contributed by atoms with van der Waals surface area (Å²) in [6.45, 7) is -0.0623. The highest BCUT2D eigenvalue weighted by atomic mass is 32.1. The average Bonchev–Trinajstić information content (AvgIpc) is 2.77. The highest BCUT2D eigenvalue weighted by Crippen LogP contribution is 2.24. The number of fused-ring (bicyclic) bond motifs is 1. The number of aromatic nitrogens is 1. The number of thiazole rings is 1. The van der Waals surface area contributed by atoms with Crippen LogP contribution in [0.25, 0.3) is 10.2 Å². The molecule has 0 aliphatic heterocycles. The van der Waals surface area contributed by atoms with Gasteiger partial charge in [-0.1, -0.05) is 23.5 Å². The molecule has 0 atom stereocenters. The van der Waals surface area contributed by atoms with Crippen LogP contribution in [-0.4, -0.2) is 30.5 Å². The van der Waals surface area contributed by atoms with Gasteiger partial charge in [-0.05, 0) is 12.1 Å². The highest BCUT2D eigenvalue weighted by Gasteiger charge is 2.07. The maximum absolute atomic E-state index is 11.5. The molecule has 94 valence electrons. The third-order valence-corrected chi connectivity index (χ3v) is 3.15. The Bertz CT molecular complexity index is 548. The fourth-order valence-corrected chi connectivity index (χ4v) is 2.18. The number of amides is 3. The number of carbonyl (C=O) groups excluding carboxylic acids is 2. The molecular formula is C11H12N4O2S. The molecular weight excluding hydrogens is 252 g/mol. The molecule has 1 aromatic carbocycles. The van der Waals surface area contributed by atoms with Crippen molar-refractivity contribution in [1.29, 1.82) is 0 Å². The monoisotopic (exact) mass is 264 g/mol. The lowest BCUT2D eigenvalue weighted by molar-refractivity contribution is -0.119. The number of hydrogen-bond acceptors (Lipinski definition) is 4. The molecule has 2 aromatic rings. The van der Waals surface area contributed by atoms with Crippen LogP contribution in [0.15, 0.2) is 24.3 Å². The smallest absolute Gasteiger partial charge is 0.321 e. The van der Waals surface area contributed by atoms with E-state index in [2.05, 4.69) is 20.9 Å². The fourth-order valence-electron chi connectivity index (χ4n) is 1.32. The van der Waals surface area contributed by atoms with Crippen LogP contribution in [0.1, 0.15) is 0 Å². The summed E-state index contributed by atoms with van der Waals surface area (Å²) >= 11 is 1.38. The summed E-state index contributed by atoms with van der Waals surface area (Å²) in [5, 5.41) is 7.94. The first kappa shape index (κ1) is 12.3. The van der Waals surface area contributed by atoms with E-state index in [4.69, 9.17) is 0 Å². The molecule has 0 aliphatic rings. The van der Waals surface area contributed by atoms with Crippen molar-refractivity contribution in [2.45, 2.75) is 0 Å². The van der Waals surface area contributed by atoms with Gasteiger partial charge in [-0.25, -0.2) is 9.78 Å². The summed E-state index contributed by atoms with van der Waals surface area (Å²) in [5.74, 6) is -0.255. The molecule has 0 fully saturated rings. The Morgan fingerprint density at radius 1 is 1.33 bits per heavy atom. The molecule has 0 saturated carbocycles. The molecule has 18 heavy (non-hydrogen) atoms. The van der Waals surface area contributed by atoms with E-state index in [0.29, 0.717) is 5.13 Å². The molecule has 1 heterocycles. The van der Waals surface area contributed by atoms with Crippen molar-refractivity contribution in [2.24, 2.45) is 0 Å². The standard InChI is InChI=1S/C11H12N4O2S/c1-12-9(16)6-13-10(17)15-11-14-7-4-2-3-5-8(7)18-11/h2-5H,6H2,1H3,(H,12,16)(H2,13,14,15,17). The Morgan fingerprint density at radius 2 is 2.11 bits per heavy atom. The minimum absolute atomic E-state index is 0.0623. The van der Waals surface area contributed by atoms with E-state index in [-0.39, 0.29) is 12.5 Å².